The Morgan fingerprint density at radius 1 is 0.867 bits per heavy atom. The number of fused-ring (bicyclic) bond motifs is 1. The van der Waals surface area contributed by atoms with Crippen LogP contribution in [0.15, 0.2) is 30.3 Å². The van der Waals surface area contributed by atoms with Crippen molar-refractivity contribution in [1.82, 2.24) is 0 Å². The fourth-order valence-electron chi connectivity index (χ4n) is 5.38. The number of benzene rings is 2. The van der Waals surface area contributed by atoms with E-state index in [0.29, 0.717) is 11.5 Å². The van der Waals surface area contributed by atoms with Crippen molar-refractivity contribution in [2.75, 3.05) is 0 Å². The van der Waals surface area contributed by atoms with Crippen LogP contribution in [0.3, 0.4) is 0 Å². The van der Waals surface area contributed by atoms with E-state index in [9.17, 15) is 8.78 Å². The van der Waals surface area contributed by atoms with Crippen molar-refractivity contribution in [2.24, 2.45) is 5.92 Å². The summed E-state index contributed by atoms with van der Waals surface area (Å²) >= 11 is 0. The van der Waals surface area contributed by atoms with E-state index in [0.717, 1.165) is 42.7 Å². The molecular weight excluding hydrogens is 378 g/mol. The fraction of sp³-hybridized carbons (Fsp3) is 0.556. The quantitative estimate of drug-likeness (QED) is 0.464. The van der Waals surface area contributed by atoms with Gasteiger partial charge in [0.1, 0.15) is 0 Å². The van der Waals surface area contributed by atoms with Crippen LogP contribution in [-0.4, -0.2) is 6.10 Å². The number of hydrogen-bond donors (Lipinski definition) is 0. The van der Waals surface area contributed by atoms with Gasteiger partial charge in [-0.2, -0.15) is 4.39 Å². The standard InChI is InChI=1S/C27H34F2O/c1-3-5-18-7-9-19(10-8-18)20-11-13-21(14-12-20)24-17-22-15-16-23(6-4-2)30-27(22)26(29)25(24)28/h11-14,17-19,23H,3-10,15-16H2,1-2H3. The molecule has 2 aromatic carbocycles. The molecule has 1 unspecified atom stereocenters. The third-order valence-corrected chi connectivity index (χ3v) is 7.11. The predicted octanol–water partition coefficient (Wildman–Crippen LogP) is 8.20. The molecule has 1 aliphatic heterocycles. The molecule has 162 valence electrons. The molecule has 0 radical (unpaired) electrons. The Hall–Kier alpha value is -1.90. The molecule has 2 aliphatic rings. The van der Waals surface area contributed by atoms with E-state index < -0.39 is 11.6 Å². The Bertz CT molecular complexity index is 850. The van der Waals surface area contributed by atoms with E-state index in [-0.39, 0.29) is 11.9 Å². The lowest BCUT2D eigenvalue weighted by molar-refractivity contribution is 0.153. The highest BCUT2D eigenvalue weighted by Crippen LogP contribution is 2.40. The molecule has 1 nitrogen and oxygen atoms in total. The van der Waals surface area contributed by atoms with E-state index in [2.05, 4.69) is 26.0 Å². The number of hydrogen-bond acceptors (Lipinski definition) is 1. The van der Waals surface area contributed by atoms with Gasteiger partial charge in [0, 0.05) is 5.56 Å². The normalized spacial score (nSPS) is 23.7. The highest BCUT2D eigenvalue weighted by molar-refractivity contribution is 5.67. The van der Waals surface area contributed by atoms with Gasteiger partial charge < -0.3 is 4.74 Å². The zero-order chi connectivity index (χ0) is 21.1. The van der Waals surface area contributed by atoms with Gasteiger partial charge in [-0.1, -0.05) is 57.4 Å². The van der Waals surface area contributed by atoms with Crippen molar-refractivity contribution < 1.29 is 13.5 Å². The van der Waals surface area contributed by atoms with Crippen molar-refractivity contribution in [1.29, 1.82) is 0 Å². The van der Waals surface area contributed by atoms with Crippen LogP contribution in [-0.2, 0) is 6.42 Å². The minimum absolute atomic E-state index is 0.00560. The smallest absolute Gasteiger partial charge is 0.201 e. The molecule has 0 amide bonds. The average Bonchev–Trinajstić information content (AvgIpc) is 2.78. The van der Waals surface area contributed by atoms with Gasteiger partial charge in [0.25, 0.3) is 0 Å². The van der Waals surface area contributed by atoms with Crippen LogP contribution in [0.4, 0.5) is 8.78 Å². The molecule has 1 saturated carbocycles. The van der Waals surface area contributed by atoms with Crippen molar-refractivity contribution in [3.05, 3.63) is 53.1 Å². The lowest BCUT2D eigenvalue weighted by Crippen LogP contribution is -2.23. The summed E-state index contributed by atoms with van der Waals surface area (Å²) in [5.41, 5.74) is 3.21. The maximum absolute atomic E-state index is 14.9. The van der Waals surface area contributed by atoms with Gasteiger partial charge in [-0.25, -0.2) is 4.39 Å². The molecule has 4 rings (SSSR count). The third-order valence-electron chi connectivity index (χ3n) is 7.11. The van der Waals surface area contributed by atoms with Crippen molar-refractivity contribution in [2.45, 2.75) is 90.1 Å². The van der Waals surface area contributed by atoms with Gasteiger partial charge in [0.05, 0.1) is 6.10 Å². The Morgan fingerprint density at radius 3 is 2.23 bits per heavy atom. The first-order valence-corrected chi connectivity index (χ1v) is 11.9. The SMILES string of the molecule is CCCC1CCC(c2ccc(-c3cc4c(c(F)c3F)OC(CCC)CC4)cc2)CC1. The maximum Gasteiger partial charge on any atom is 0.201 e. The maximum atomic E-state index is 14.9. The lowest BCUT2D eigenvalue weighted by atomic mass is 9.77. The van der Waals surface area contributed by atoms with Crippen molar-refractivity contribution in [3.8, 4) is 16.9 Å². The van der Waals surface area contributed by atoms with E-state index in [1.54, 1.807) is 6.07 Å². The average molecular weight is 413 g/mol. The summed E-state index contributed by atoms with van der Waals surface area (Å²) in [5.74, 6) is -0.0137. The van der Waals surface area contributed by atoms with Gasteiger partial charge in [-0.05, 0) is 79.5 Å². The van der Waals surface area contributed by atoms with Gasteiger partial charge in [-0.15, -0.1) is 0 Å². The summed E-state index contributed by atoms with van der Waals surface area (Å²) in [4.78, 5) is 0. The van der Waals surface area contributed by atoms with E-state index in [1.165, 1.54) is 44.1 Å². The van der Waals surface area contributed by atoms with E-state index >= 15 is 0 Å². The minimum Gasteiger partial charge on any atom is -0.487 e. The summed E-state index contributed by atoms with van der Waals surface area (Å²) in [5, 5.41) is 0. The van der Waals surface area contributed by atoms with E-state index in [4.69, 9.17) is 4.74 Å². The fourth-order valence-corrected chi connectivity index (χ4v) is 5.38. The molecule has 3 heteroatoms. The van der Waals surface area contributed by atoms with Crippen molar-refractivity contribution >= 4 is 0 Å². The van der Waals surface area contributed by atoms with Crippen LogP contribution in [0.5, 0.6) is 5.75 Å². The first kappa shape index (κ1) is 21.3. The molecule has 2 aromatic rings. The number of ether oxygens (including phenoxy) is 1. The molecule has 1 aliphatic carbocycles. The Balaban J connectivity index is 1.52. The summed E-state index contributed by atoms with van der Waals surface area (Å²) in [7, 11) is 0. The number of aryl methyl sites for hydroxylation is 1. The molecule has 0 bridgehead atoms. The lowest BCUT2D eigenvalue weighted by Gasteiger charge is -2.29. The van der Waals surface area contributed by atoms with Crippen LogP contribution in [0.25, 0.3) is 11.1 Å². The first-order chi connectivity index (χ1) is 14.6. The molecule has 1 atom stereocenters. The van der Waals surface area contributed by atoms with Gasteiger partial charge in [0.2, 0.25) is 5.82 Å². The molecule has 0 saturated heterocycles. The zero-order valence-corrected chi connectivity index (χ0v) is 18.4. The Morgan fingerprint density at radius 2 is 1.57 bits per heavy atom. The monoisotopic (exact) mass is 412 g/mol. The Labute approximate surface area is 179 Å². The Kier molecular flexibility index (Phi) is 6.75. The molecule has 0 spiro atoms. The summed E-state index contributed by atoms with van der Waals surface area (Å²) in [6.07, 6.45) is 11.2. The van der Waals surface area contributed by atoms with Gasteiger partial charge in [0.15, 0.2) is 11.6 Å². The first-order valence-electron chi connectivity index (χ1n) is 11.9. The van der Waals surface area contributed by atoms with Crippen LogP contribution in [0.2, 0.25) is 0 Å². The molecular formula is C27H34F2O. The van der Waals surface area contributed by atoms with Crippen molar-refractivity contribution in [3.63, 3.8) is 0 Å². The summed E-state index contributed by atoms with van der Waals surface area (Å²) in [6.45, 7) is 4.35. The number of halogens is 2. The topological polar surface area (TPSA) is 9.23 Å². The summed E-state index contributed by atoms with van der Waals surface area (Å²) < 4.78 is 35.5. The molecule has 1 heterocycles. The number of rotatable bonds is 6. The third kappa shape index (κ3) is 4.40. The van der Waals surface area contributed by atoms with Crippen LogP contribution in [0, 0.1) is 17.6 Å². The second-order valence-electron chi connectivity index (χ2n) is 9.24. The molecule has 0 aromatic heterocycles. The largest absolute Gasteiger partial charge is 0.487 e. The van der Waals surface area contributed by atoms with Gasteiger partial charge in [-0.3, -0.25) is 0 Å². The zero-order valence-electron chi connectivity index (χ0n) is 18.4. The second-order valence-corrected chi connectivity index (χ2v) is 9.24. The van der Waals surface area contributed by atoms with Crippen LogP contribution < -0.4 is 4.74 Å². The summed E-state index contributed by atoms with van der Waals surface area (Å²) in [6, 6.07) is 9.94. The minimum atomic E-state index is -0.832. The molecule has 0 N–H and O–H groups in total. The van der Waals surface area contributed by atoms with Gasteiger partial charge >= 0.3 is 0 Å². The molecule has 1 fully saturated rings. The van der Waals surface area contributed by atoms with Crippen LogP contribution >= 0.6 is 0 Å². The highest BCUT2D eigenvalue weighted by Gasteiger charge is 2.27. The molecule has 30 heavy (non-hydrogen) atoms. The van der Waals surface area contributed by atoms with E-state index in [1.807, 2.05) is 12.1 Å². The predicted molar refractivity (Wildman–Crippen MR) is 119 cm³/mol. The van der Waals surface area contributed by atoms with Crippen LogP contribution in [0.1, 0.15) is 88.7 Å². The highest BCUT2D eigenvalue weighted by atomic mass is 19.2. The second kappa shape index (κ2) is 9.49.